The second kappa shape index (κ2) is 8.55. The molecule has 0 aromatic heterocycles. The van der Waals surface area contributed by atoms with Crippen LogP contribution in [-0.2, 0) is 33.3 Å². The Balaban J connectivity index is 1.65. The molecular weight excluding hydrogens is 332 g/mol. The third kappa shape index (κ3) is 6.31. The first-order chi connectivity index (χ1) is 11.7. The van der Waals surface area contributed by atoms with Crippen LogP contribution in [0.3, 0.4) is 0 Å². The van der Waals surface area contributed by atoms with Crippen LogP contribution in [0.1, 0.15) is 46.5 Å². The van der Waals surface area contributed by atoms with Gasteiger partial charge < -0.3 is 33.6 Å². The fraction of sp³-hybridized carbons (Fsp3) is 0.882. The maximum Gasteiger partial charge on any atom is 0.306 e. The van der Waals surface area contributed by atoms with Gasteiger partial charge >= 0.3 is 5.97 Å². The number of Topliss-reactive ketones (excluding diaryl/α,β-unsaturated/α-hetero) is 1. The van der Waals surface area contributed by atoms with Gasteiger partial charge in [0, 0.05) is 19.3 Å². The second-order valence-corrected chi connectivity index (χ2v) is 6.94. The van der Waals surface area contributed by atoms with Crippen molar-refractivity contribution < 1.29 is 38.4 Å². The number of esters is 1. The van der Waals surface area contributed by atoms with E-state index in [2.05, 4.69) is 0 Å². The van der Waals surface area contributed by atoms with E-state index in [-0.39, 0.29) is 43.6 Å². The van der Waals surface area contributed by atoms with E-state index in [0.717, 1.165) is 0 Å². The third-order valence-corrected chi connectivity index (χ3v) is 4.33. The number of hydrogen-bond acceptors (Lipinski definition) is 8. The van der Waals surface area contributed by atoms with Crippen LogP contribution in [0.25, 0.3) is 0 Å². The summed E-state index contributed by atoms with van der Waals surface area (Å²) in [6.07, 6.45) is 0.666. The van der Waals surface area contributed by atoms with E-state index in [1.165, 1.54) is 6.92 Å². The first kappa shape index (κ1) is 20.3. The first-order valence-corrected chi connectivity index (χ1v) is 8.63. The topological polar surface area (TPSA) is 101 Å². The van der Waals surface area contributed by atoms with Crippen LogP contribution in [0.2, 0.25) is 0 Å². The first-order valence-electron chi connectivity index (χ1n) is 8.63. The van der Waals surface area contributed by atoms with Crippen LogP contribution in [0.15, 0.2) is 0 Å². The van der Waals surface area contributed by atoms with Crippen LogP contribution < -0.4 is 0 Å². The molecule has 2 aliphatic heterocycles. The third-order valence-electron chi connectivity index (χ3n) is 4.33. The Morgan fingerprint density at radius 1 is 1.04 bits per heavy atom. The predicted octanol–water partition coefficient (Wildman–Crippen LogP) is 0.934. The Morgan fingerprint density at radius 2 is 1.60 bits per heavy atom. The monoisotopic (exact) mass is 360 g/mol. The average Bonchev–Trinajstić information content (AvgIpc) is 3.13. The highest BCUT2D eigenvalue weighted by Gasteiger charge is 2.39. The standard InChI is InChI=1S/C17H28O8/c1-12(19)4-6-16(2)23-11-14(25-16)9-21-15(20)5-7-17(3)22-10-13(8-18)24-17/h13-14,18H,4-11H2,1-3H3. The van der Waals surface area contributed by atoms with Crippen molar-refractivity contribution in [2.75, 3.05) is 26.4 Å². The van der Waals surface area contributed by atoms with Gasteiger partial charge in [-0.05, 0) is 20.8 Å². The lowest BCUT2D eigenvalue weighted by atomic mass is 10.1. The van der Waals surface area contributed by atoms with E-state index >= 15 is 0 Å². The largest absolute Gasteiger partial charge is 0.463 e. The zero-order valence-corrected chi connectivity index (χ0v) is 15.1. The van der Waals surface area contributed by atoms with Crippen molar-refractivity contribution in [3.63, 3.8) is 0 Å². The quantitative estimate of drug-likeness (QED) is 0.606. The van der Waals surface area contributed by atoms with Crippen molar-refractivity contribution in [2.45, 2.75) is 70.2 Å². The van der Waals surface area contributed by atoms with E-state index in [0.29, 0.717) is 32.5 Å². The highest BCUT2D eigenvalue weighted by molar-refractivity contribution is 5.75. The van der Waals surface area contributed by atoms with Gasteiger partial charge in [0.15, 0.2) is 11.6 Å². The molecule has 0 aromatic rings. The molecule has 8 heteroatoms. The highest BCUT2D eigenvalue weighted by Crippen LogP contribution is 2.29. The van der Waals surface area contributed by atoms with Gasteiger partial charge in [0.25, 0.3) is 0 Å². The molecule has 4 atom stereocenters. The Morgan fingerprint density at radius 3 is 2.16 bits per heavy atom. The Hall–Kier alpha value is -1.06. The molecular formula is C17H28O8. The molecule has 2 heterocycles. The van der Waals surface area contributed by atoms with Crippen LogP contribution in [0.4, 0.5) is 0 Å². The van der Waals surface area contributed by atoms with E-state index in [1.54, 1.807) is 13.8 Å². The van der Waals surface area contributed by atoms with Crippen LogP contribution in [0.5, 0.6) is 0 Å². The molecule has 2 saturated heterocycles. The van der Waals surface area contributed by atoms with Gasteiger partial charge in [-0.3, -0.25) is 4.79 Å². The van der Waals surface area contributed by atoms with Crippen molar-refractivity contribution in [1.82, 2.24) is 0 Å². The lowest BCUT2D eigenvalue weighted by Crippen LogP contribution is -2.30. The number of hydrogen-bond donors (Lipinski definition) is 1. The number of carbonyl (C=O) groups excluding carboxylic acids is 2. The summed E-state index contributed by atoms with van der Waals surface area (Å²) in [4.78, 5) is 23.0. The smallest absolute Gasteiger partial charge is 0.306 e. The minimum atomic E-state index is -0.870. The van der Waals surface area contributed by atoms with Crippen LogP contribution in [0, 0.1) is 0 Å². The van der Waals surface area contributed by atoms with Gasteiger partial charge in [0.2, 0.25) is 0 Å². The molecule has 0 radical (unpaired) electrons. The van der Waals surface area contributed by atoms with E-state index in [1.807, 2.05) is 0 Å². The summed E-state index contributed by atoms with van der Waals surface area (Å²) in [6.45, 7) is 5.68. The van der Waals surface area contributed by atoms with Gasteiger partial charge in [-0.15, -0.1) is 0 Å². The Labute approximate surface area is 147 Å². The molecule has 0 spiro atoms. The molecule has 8 nitrogen and oxygen atoms in total. The molecule has 25 heavy (non-hydrogen) atoms. The lowest BCUT2D eigenvalue weighted by Gasteiger charge is -2.23. The molecule has 0 saturated carbocycles. The summed E-state index contributed by atoms with van der Waals surface area (Å²) in [5.41, 5.74) is 0. The van der Waals surface area contributed by atoms with E-state index in [9.17, 15) is 9.59 Å². The lowest BCUT2D eigenvalue weighted by molar-refractivity contribution is -0.176. The zero-order valence-electron chi connectivity index (χ0n) is 15.1. The molecule has 0 amide bonds. The van der Waals surface area contributed by atoms with Crippen molar-refractivity contribution in [2.24, 2.45) is 0 Å². The summed E-state index contributed by atoms with van der Waals surface area (Å²) in [6, 6.07) is 0. The van der Waals surface area contributed by atoms with Gasteiger partial charge in [0.1, 0.15) is 24.6 Å². The fourth-order valence-electron chi connectivity index (χ4n) is 2.80. The number of ketones is 1. The molecule has 4 unspecified atom stereocenters. The Bertz CT molecular complexity index is 481. The molecule has 1 N–H and O–H groups in total. The molecule has 2 aliphatic rings. The summed E-state index contributed by atoms with van der Waals surface area (Å²) in [7, 11) is 0. The fourth-order valence-corrected chi connectivity index (χ4v) is 2.80. The molecule has 2 fully saturated rings. The Kier molecular flexibility index (Phi) is 6.93. The van der Waals surface area contributed by atoms with E-state index < -0.39 is 11.6 Å². The minimum Gasteiger partial charge on any atom is -0.463 e. The minimum absolute atomic E-state index is 0.0802. The van der Waals surface area contributed by atoms with Crippen molar-refractivity contribution in [3.8, 4) is 0 Å². The molecule has 0 bridgehead atoms. The summed E-state index contributed by atoms with van der Waals surface area (Å²) in [5.74, 6) is -1.97. The number of rotatable bonds is 9. The molecule has 2 rings (SSSR count). The SMILES string of the molecule is CC(=O)CCC1(C)OCC(COC(=O)CCC2(C)OCC(CO)O2)O1. The van der Waals surface area contributed by atoms with E-state index in [4.69, 9.17) is 28.8 Å². The van der Waals surface area contributed by atoms with Gasteiger partial charge in [0.05, 0.1) is 26.2 Å². The predicted molar refractivity (Wildman–Crippen MR) is 85.7 cm³/mol. The maximum atomic E-state index is 11.9. The maximum absolute atomic E-state index is 11.9. The summed E-state index contributed by atoms with van der Waals surface area (Å²) >= 11 is 0. The molecule has 144 valence electrons. The van der Waals surface area contributed by atoms with Crippen molar-refractivity contribution in [1.29, 1.82) is 0 Å². The van der Waals surface area contributed by atoms with Gasteiger partial charge in [-0.25, -0.2) is 0 Å². The number of aliphatic hydroxyl groups excluding tert-OH is 1. The number of aliphatic hydroxyl groups is 1. The van der Waals surface area contributed by atoms with Crippen LogP contribution >= 0.6 is 0 Å². The van der Waals surface area contributed by atoms with Crippen molar-refractivity contribution >= 4 is 11.8 Å². The molecule has 0 aliphatic carbocycles. The average molecular weight is 360 g/mol. The van der Waals surface area contributed by atoms with Crippen molar-refractivity contribution in [3.05, 3.63) is 0 Å². The summed E-state index contributed by atoms with van der Waals surface area (Å²) in [5, 5.41) is 9.05. The molecule has 0 aromatic carbocycles. The normalized spacial score (nSPS) is 35.0. The zero-order chi connectivity index (χ0) is 18.5. The van der Waals surface area contributed by atoms with Crippen LogP contribution in [-0.4, -0.2) is 67.1 Å². The van der Waals surface area contributed by atoms with Gasteiger partial charge in [-0.1, -0.05) is 0 Å². The number of ether oxygens (including phenoxy) is 5. The number of carbonyl (C=O) groups is 2. The highest BCUT2D eigenvalue weighted by atomic mass is 16.8. The van der Waals surface area contributed by atoms with Gasteiger partial charge in [-0.2, -0.15) is 0 Å². The second-order valence-electron chi connectivity index (χ2n) is 6.94. The summed E-state index contributed by atoms with van der Waals surface area (Å²) < 4.78 is 27.6.